The van der Waals surface area contributed by atoms with Crippen molar-refractivity contribution in [3.05, 3.63) is 0 Å². The van der Waals surface area contributed by atoms with Crippen molar-refractivity contribution in [1.29, 1.82) is 0 Å². The number of hydrogen-bond donors (Lipinski definition) is 5. The second-order valence-corrected chi connectivity index (χ2v) is 3.53. The lowest BCUT2D eigenvalue weighted by Crippen LogP contribution is -2.50. The monoisotopic (exact) mass is 187 g/mol. The minimum absolute atomic E-state index is 0.803. The molecule has 0 fully saturated rings. The molecule has 0 aliphatic rings. The maximum Gasteiger partial charge on any atom is 0.296 e. The Morgan fingerprint density at radius 2 is 1.73 bits per heavy atom. The Bertz CT molecular complexity index is 214. The van der Waals surface area contributed by atoms with Crippen LogP contribution >= 0.6 is 0 Å². The average Bonchev–Trinajstić information content (AvgIpc) is 1.56. The van der Waals surface area contributed by atoms with Crippen LogP contribution < -0.4 is 5.73 Å². The van der Waals surface area contributed by atoms with Crippen molar-refractivity contribution < 1.29 is 28.3 Å². The summed E-state index contributed by atoms with van der Waals surface area (Å²) >= 11 is 0. The van der Waals surface area contributed by atoms with E-state index in [2.05, 4.69) is 0 Å². The molecule has 0 aromatic rings. The maximum absolute atomic E-state index is 10.2. The maximum atomic E-state index is 10.2. The summed E-state index contributed by atoms with van der Waals surface area (Å²) in [6.07, 6.45) is 0. The highest BCUT2D eigenvalue weighted by molar-refractivity contribution is 7.86. The Labute approximate surface area is 62.8 Å². The topological polar surface area (TPSA) is 141 Å². The van der Waals surface area contributed by atoms with Crippen LogP contribution in [0.15, 0.2) is 0 Å². The molecule has 0 bridgehead atoms. The van der Waals surface area contributed by atoms with Crippen LogP contribution in [0.25, 0.3) is 0 Å². The molecule has 0 aliphatic carbocycles. The van der Waals surface area contributed by atoms with E-state index in [9.17, 15) is 8.42 Å². The lowest BCUT2D eigenvalue weighted by Gasteiger charge is -2.21. The second-order valence-electron chi connectivity index (χ2n) is 1.93. The van der Waals surface area contributed by atoms with Gasteiger partial charge in [-0.25, -0.2) is 0 Å². The van der Waals surface area contributed by atoms with E-state index in [-0.39, 0.29) is 0 Å². The molecule has 68 valence electrons. The van der Waals surface area contributed by atoms with Crippen LogP contribution in [0.3, 0.4) is 0 Å². The molecule has 1 atom stereocenters. The summed E-state index contributed by atoms with van der Waals surface area (Å²) < 4.78 is 28.6. The quantitative estimate of drug-likeness (QED) is 0.232. The Kier molecular flexibility index (Phi) is 2.94. The third-order valence-electron chi connectivity index (χ3n) is 1.01. The molecule has 0 spiro atoms. The summed E-state index contributed by atoms with van der Waals surface area (Å²) in [6.45, 7) is -0.803. The summed E-state index contributed by atoms with van der Waals surface area (Å²) in [7, 11) is -4.75. The Balaban J connectivity index is 4.72. The first-order valence-corrected chi connectivity index (χ1v) is 4.03. The van der Waals surface area contributed by atoms with Gasteiger partial charge in [-0.05, 0) is 0 Å². The molecule has 0 saturated heterocycles. The summed E-state index contributed by atoms with van der Waals surface area (Å²) in [5.41, 5.74) is 4.73. The Morgan fingerprint density at radius 3 is 1.73 bits per heavy atom. The molecule has 0 amide bonds. The van der Waals surface area contributed by atoms with Gasteiger partial charge in [-0.1, -0.05) is 0 Å². The average molecular weight is 187 g/mol. The molecule has 0 aromatic heterocycles. The number of nitrogens with two attached hydrogens (primary N) is 1. The first-order chi connectivity index (χ1) is 4.69. The molecule has 0 saturated carbocycles. The molecule has 0 aliphatic heterocycles. The van der Waals surface area contributed by atoms with Gasteiger partial charge in [-0.2, -0.15) is 8.42 Å². The van der Waals surface area contributed by atoms with Gasteiger partial charge in [-0.3, -0.25) is 4.55 Å². The first kappa shape index (κ1) is 10.8. The third-order valence-corrected chi connectivity index (χ3v) is 2.23. The van der Waals surface area contributed by atoms with Crippen molar-refractivity contribution in [1.82, 2.24) is 0 Å². The molecular formula is C3H9NO6S. The van der Waals surface area contributed by atoms with E-state index in [1.807, 2.05) is 0 Å². The predicted octanol–water partition coefficient (Wildman–Crippen LogP) is -3.17. The Morgan fingerprint density at radius 1 is 1.36 bits per heavy atom. The van der Waals surface area contributed by atoms with E-state index >= 15 is 0 Å². The van der Waals surface area contributed by atoms with E-state index in [0.717, 1.165) is 0 Å². The minimum atomic E-state index is -4.75. The molecule has 8 heteroatoms. The van der Waals surface area contributed by atoms with Gasteiger partial charge in [0.25, 0.3) is 16.1 Å². The Hall–Kier alpha value is -0.250. The van der Waals surface area contributed by atoms with Crippen LogP contribution in [0.1, 0.15) is 0 Å². The fourth-order valence-corrected chi connectivity index (χ4v) is 1.12. The van der Waals surface area contributed by atoms with Crippen molar-refractivity contribution in [2.45, 2.75) is 11.2 Å². The summed E-state index contributed by atoms with van der Waals surface area (Å²) in [4.78, 5) is 0. The zero-order valence-electron chi connectivity index (χ0n) is 5.38. The van der Waals surface area contributed by atoms with Crippen LogP contribution in [-0.2, 0) is 10.1 Å². The molecule has 11 heavy (non-hydrogen) atoms. The molecular weight excluding hydrogens is 178 g/mol. The standard InChI is InChI=1S/C3H9NO6S/c4-1-2(3(5,6)7)11(8,9)10/h2,5-7H,1,4H2,(H,8,9,10). The second kappa shape index (κ2) is 3.01. The van der Waals surface area contributed by atoms with Gasteiger partial charge in [-0.15, -0.1) is 0 Å². The lowest BCUT2D eigenvalue weighted by molar-refractivity contribution is -0.310. The van der Waals surface area contributed by atoms with E-state index < -0.39 is 27.9 Å². The van der Waals surface area contributed by atoms with E-state index in [4.69, 9.17) is 25.6 Å². The largest absolute Gasteiger partial charge is 0.342 e. The molecule has 0 heterocycles. The van der Waals surface area contributed by atoms with Crippen LogP contribution in [-0.4, -0.2) is 46.1 Å². The fraction of sp³-hybridized carbons (Fsp3) is 1.00. The van der Waals surface area contributed by atoms with Crippen molar-refractivity contribution in [3.63, 3.8) is 0 Å². The van der Waals surface area contributed by atoms with E-state index in [1.165, 1.54) is 0 Å². The minimum Gasteiger partial charge on any atom is -0.342 e. The zero-order valence-corrected chi connectivity index (χ0v) is 6.19. The summed E-state index contributed by atoms with van der Waals surface area (Å²) in [5.74, 6) is -3.51. The van der Waals surface area contributed by atoms with Gasteiger partial charge in [0.15, 0.2) is 5.25 Å². The molecule has 1 unspecified atom stereocenters. The molecule has 0 radical (unpaired) electrons. The fourth-order valence-electron chi connectivity index (χ4n) is 0.480. The van der Waals surface area contributed by atoms with Crippen molar-refractivity contribution in [2.75, 3.05) is 6.54 Å². The highest BCUT2D eigenvalue weighted by atomic mass is 32.2. The van der Waals surface area contributed by atoms with Gasteiger partial charge in [0.1, 0.15) is 0 Å². The zero-order chi connectivity index (χ0) is 9.28. The summed E-state index contributed by atoms with van der Waals surface area (Å²) in [6, 6.07) is 0. The first-order valence-electron chi connectivity index (χ1n) is 2.53. The molecule has 0 aromatic carbocycles. The lowest BCUT2D eigenvalue weighted by atomic mass is 10.4. The predicted molar refractivity (Wildman–Crippen MR) is 33.8 cm³/mol. The highest BCUT2D eigenvalue weighted by Crippen LogP contribution is 2.09. The number of aliphatic hydroxyl groups is 3. The van der Waals surface area contributed by atoms with Crippen LogP contribution in [0.4, 0.5) is 0 Å². The van der Waals surface area contributed by atoms with Gasteiger partial charge in [0, 0.05) is 6.54 Å². The van der Waals surface area contributed by atoms with E-state index in [0.29, 0.717) is 0 Å². The highest BCUT2D eigenvalue weighted by Gasteiger charge is 2.40. The van der Waals surface area contributed by atoms with Crippen LogP contribution in [0.5, 0.6) is 0 Å². The van der Waals surface area contributed by atoms with Crippen molar-refractivity contribution in [3.8, 4) is 0 Å². The van der Waals surface area contributed by atoms with Gasteiger partial charge in [0.2, 0.25) is 0 Å². The van der Waals surface area contributed by atoms with Crippen LogP contribution in [0.2, 0.25) is 0 Å². The van der Waals surface area contributed by atoms with Gasteiger partial charge >= 0.3 is 0 Å². The third kappa shape index (κ3) is 3.10. The molecule has 7 nitrogen and oxygen atoms in total. The normalized spacial score (nSPS) is 16.5. The number of rotatable bonds is 3. The number of hydrogen-bond acceptors (Lipinski definition) is 6. The van der Waals surface area contributed by atoms with Crippen LogP contribution in [0, 0.1) is 0 Å². The van der Waals surface area contributed by atoms with Gasteiger partial charge < -0.3 is 21.1 Å². The van der Waals surface area contributed by atoms with Crippen molar-refractivity contribution in [2.24, 2.45) is 5.73 Å². The smallest absolute Gasteiger partial charge is 0.296 e. The SMILES string of the molecule is NCC(C(O)(O)O)S(=O)(=O)O. The summed E-state index contributed by atoms with van der Waals surface area (Å²) in [5, 5.41) is 22.7. The van der Waals surface area contributed by atoms with Gasteiger partial charge in [0.05, 0.1) is 0 Å². The molecule has 6 N–H and O–H groups in total. The van der Waals surface area contributed by atoms with Crippen molar-refractivity contribution >= 4 is 10.1 Å². The molecule has 0 rings (SSSR count). The van der Waals surface area contributed by atoms with E-state index in [1.54, 1.807) is 0 Å².